The summed E-state index contributed by atoms with van der Waals surface area (Å²) in [6.45, 7) is 0.0990. The van der Waals surface area contributed by atoms with Crippen molar-refractivity contribution >= 4 is 5.91 Å². The molecule has 0 spiro atoms. The Balaban J connectivity index is 1.62. The number of carbonyl (C=O) groups excluding carboxylic acids is 1. The molecule has 1 fully saturated rings. The number of ether oxygens (including phenoxy) is 1. The molecule has 3 aromatic rings. The number of nitrogens with zero attached hydrogens (tertiary/aromatic N) is 2. The minimum atomic E-state index is -4.92. The first kappa shape index (κ1) is 27.1. The highest BCUT2D eigenvalue weighted by atomic mass is 19.4. The molecule has 1 aliphatic heterocycles. The summed E-state index contributed by atoms with van der Waals surface area (Å²) >= 11 is 0. The average Bonchev–Trinajstić information content (AvgIpc) is 2.91. The Kier molecular flexibility index (Phi) is 8.29. The van der Waals surface area contributed by atoms with Gasteiger partial charge in [0, 0.05) is 42.7 Å². The van der Waals surface area contributed by atoms with E-state index in [2.05, 4.69) is 10.1 Å². The number of carbonyl (C=O) groups is 1. The van der Waals surface area contributed by atoms with E-state index in [4.69, 9.17) is 5.26 Å². The Labute approximate surface area is 217 Å². The Morgan fingerprint density at radius 2 is 1.89 bits per heavy atom. The number of nitrogens with one attached hydrogen (secondary N) is 1. The van der Waals surface area contributed by atoms with Gasteiger partial charge in [0.2, 0.25) is 5.91 Å². The molecular weight excluding hydrogens is 502 g/mol. The fraction of sp³-hybridized carbons (Fsp3) is 0.286. The number of hydrogen-bond donors (Lipinski definition) is 2. The zero-order valence-corrected chi connectivity index (χ0v) is 20.2. The fourth-order valence-electron chi connectivity index (χ4n) is 4.73. The van der Waals surface area contributed by atoms with Crippen molar-refractivity contribution in [3.8, 4) is 22.9 Å². The lowest BCUT2D eigenvalue weighted by atomic mass is 9.85. The van der Waals surface area contributed by atoms with Gasteiger partial charge in [0.1, 0.15) is 18.2 Å². The largest absolute Gasteiger partial charge is 0.573 e. The summed E-state index contributed by atoms with van der Waals surface area (Å²) in [5.74, 6) is -1.64. The third-order valence-electron chi connectivity index (χ3n) is 6.58. The van der Waals surface area contributed by atoms with Crippen LogP contribution < -0.4 is 10.1 Å². The van der Waals surface area contributed by atoms with Crippen LogP contribution >= 0.6 is 0 Å². The zero-order valence-electron chi connectivity index (χ0n) is 20.2. The molecule has 3 aromatic carbocycles. The van der Waals surface area contributed by atoms with Gasteiger partial charge >= 0.3 is 6.36 Å². The number of alkyl halides is 3. The molecule has 0 aliphatic carbocycles. The molecule has 6 nitrogen and oxygen atoms in total. The molecule has 1 heterocycles. The predicted molar refractivity (Wildman–Crippen MR) is 131 cm³/mol. The Morgan fingerprint density at radius 3 is 2.55 bits per heavy atom. The second kappa shape index (κ2) is 11.6. The van der Waals surface area contributed by atoms with Crippen molar-refractivity contribution < 1.29 is 32.2 Å². The lowest BCUT2D eigenvalue weighted by Gasteiger charge is -2.39. The molecule has 0 unspecified atom stereocenters. The van der Waals surface area contributed by atoms with Crippen molar-refractivity contribution in [1.29, 1.82) is 5.26 Å². The number of halogens is 4. The van der Waals surface area contributed by atoms with Crippen LogP contribution in [-0.4, -0.2) is 48.0 Å². The molecule has 1 amide bonds. The zero-order chi connectivity index (χ0) is 27.3. The second-order valence-corrected chi connectivity index (χ2v) is 8.97. The van der Waals surface area contributed by atoms with Crippen LogP contribution in [0.25, 0.3) is 11.1 Å². The van der Waals surface area contributed by atoms with Crippen LogP contribution in [0.1, 0.15) is 29.0 Å². The summed E-state index contributed by atoms with van der Waals surface area (Å²) in [7, 11) is 0. The van der Waals surface area contributed by atoms with E-state index in [0.29, 0.717) is 25.1 Å². The van der Waals surface area contributed by atoms with Gasteiger partial charge in [0.05, 0.1) is 11.6 Å². The highest BCUT2D eigenvalue weighted by Gasteiger charge is 2.34. The number of amides is 1. The molecule has 198 valence electrons. The van der Waals surface area contributed by atoms with Crippen molar-refractivity contribution in [3.05, 3.63) is 89.2 Å². The van der Waals surface area contributed by atoms with Crippen molar-refractivity contribution in [3.63, 3.8) is 0 Å². The molecule has 10 heteroatoms. The lowest BCUT2D eigenvalue weighted by Crippen LogP contribution is -2.50. The van der Waals surface area contributed by atoms with E-state index >= 15 is 0 Å². The highest BCUT2D eigenvalue weighted by molar-refractivity contribution is 5.77. The van der Waals surface area contributed by atoms with Gasteiger partial charge in [-0.1, -0.05) is 42.5 Å². The topological polar surface area (TPSA) is 85.6 Å². The summed E-state index contributed by atoms with van der Waals surface area (Å²) in [5.41, 5.74) is 1.72. The number of benzene rings is 3. The number of nitriles is 1. The van der Waals surface area contributed by atoms with Crippen LogP contribution in [0.2, 0.25) is 0 Å². The van der Waals surface area contributed by atoms with Gasteiger partial charge in [-0.15, -0.1) is 13.2 Å². The minimum absolute atomic E-state index is 0.0148. The third kappa shape index (κ3) is 6.49. The maximum absolute atomic E-state index is 14.6. The summed E-state index contributed by atoms with van der Waals surface area (Å²) < 4.78 is 58.3. The first-order valence-electron chi connectivity index (χ1n) is 11.9. The normalized spacial score (nSPS) is 17.6. The van der Waals surface area contributed by atoms with Crippen LogP contribution in [0.3, 0.4) is 0 Å². The van der Waals surface area contributed by atoms with Crippen LogP contribution in [0.15, 0.2) is 66.7 Å². The fourth-order valence-corrected chi connectivity index (χ4v) is 4.73. The van der Waals surface area contributed by atoms with E-state index in [-0.39, 0.29) is 41.1 Å². The van der Waals surface area contributed by atoms with Crippen LogP contribution in [-0.2, 0) is 11.3 Å². The minimum Gasteiger partial charge on any atom is -0.405 e. The van der Waals surface area contributed by atoms with Crippen molar-refractivity contribution in [1.82, 2.24) is 10.2 Å². The molecule has 2 atom stereocenters. The number of rotatable bonds is 7. The van der Waals surface area contributed by atoms with Gasteiger partial charge in [-0.3, -0.25) is 4.79 Å². The number of aliphatic hydroxyl groups excluding tert-OH is 1. The number of hydrogen-bond acceptors (Lipinski definition) is 5. The van der Waals surface area contributed by atoms with Crippen LogP contribution in [0, 0.1) is 17.1 Å². The van der Waals surface area contributed by atoms with Crippen molar-refractivity contribution in [2.45, 2.75) is 31.3 Å². The molecule has 0 radical (unpaired) electrons. The predicted octanol–water partition coefficient (Wildman–Crippen LogP) is 4.73. The molecule has 2 N–H and O–H groups in total. The maximum atomic E-state index is 14.6. The Morgan fingerprint density at radius 1 is 1.13 bits per heavy atom. The van der Waals surface area contributed by atoms with Crippen LogP contribution in [0.4, 0.5) is 17.6 Å². The Bertz CT molecular complexity index is 1330. The third-order valence-corrected chi connectivity index (χ3v) is 6.58. The highest BCUT2D eigenvalue weighted by Crippen LogP contribution is 2.33. The molecule has 0 saturated carbocycles. The maximum Gasteiger partial charge on any atom is 0.573 e. The molecule has 1 aliphatic rings. The SMILES string of the molecule is N#Cc1ccc(-c2ccc(OC(F)(F)F)c(CN[C@H]3CCN(C(=O)CO)C[C@H]3c3ccccc3)c2)c(F)c1. The molecule has 0 bridgehead atoms. The first-order chi connectivity index (χ1) is 18.2. The number of aliphatic hydroxyl groups is 1. The molecular formula is C28H25F4N3O3. The van der Waals surface area contributed by atoms with E-state index in [9.17, 15) is 27.5 Å². The lowest BCUT2D eigenvalue weighted by molar-refractivity contribution is -0.274. The van der Waals surface area contributed by atoms with Crippen LogP contribution in [0.5, 0.6) is 5.75 Å². The molecule has 38 heavy (non-hydrogen) atoms. The van der Waals surface area contributed by atoms with Gasteiger partial charge in [-0.25, -0.2) is 4.39 Å². The molecule has 1 saturated heterocycles. The van der Waals surface area contributed by atoms with E-state index in [1.165, 1.54) is 24.3 Å². The standard InChI is InChI=1S/C28H25F4N3O3/c29-24-12-18(14-33)6-8-22(24)20-7-9-26(38-28(30,31)32)21(13-20)15-34-25-10-11-35(27(37)17-36)16-23(25)19-4-2-1-3-5-19/h1-9,12-13,23,25,34,36H,10-11,15-17H2/t23-,25-/m0/s1. The van der Waals surface area contributed by atoms with Gasteiger partial charge in [-0.05, 0) is 41.8 Å². The first-order valence-corrected chi connectivity index (χ1v) is 11.9. The summed E-state index contributed by atoms with van der Waals surface area (Å²) in [5, 5.41) is 21.6. The van der Waals surface area contributed by atoms with Crippen molar-refractivity contribution in [2.24, 2.45) is 0 Å². The molecule has 0 aromatic heterocycles. The van der Waals surface area contributed by atoms with Crippen molar-refractivity contribution in [2.75, 3.05) is 19.7 Å². The molecule has 4 rings (SSSR count). The van der Waals surface area contributed by atoms with Gasteiger partial charge in [-0.2, -0.15) is 5.26 Å². The van der Waals surface area contributed by atoms with Gasteiger partial charge < -0.3 is 20.1 Å². The van der Waals surface area contributed by atoms with E-state index in [0.717, 1.165) is 17.7 Å². The quantitative estimate of drug-likeness (QED) is 0.434. The monoisotopic (exact) mass is 527 g/mol. The summed E-state index contributed by atoms with van der Waals surface area (Å²) in [4.78, 5) is 13.7. The van der Waals surface area contributed by atoms with Gasteiger partial charge in [0.15, 0.2) is 0 Å². The van der Waals surface area contributed by atoms with E-state index in [1.54, 1.807) is 4.90 Å². The second-order valence-electron chi connectivity index (χ2n) is 8.97. The average molecular weight is 528 g/mol. The number of piperidine rings is 1. The smallest absolute Gasteiger partial charge is 0.405 e. The Hall–Kier alpha value is -3.94. The van der Waals surface area contributed by atoms with Gasteiger partial charge in [0.25, 0.3) is 0 Å². The van der Waals surface area contributed by atoms with E-state index in [1.807, 2.05) is 36.4 Å². The summed E-state index contributed by atoms with van der Waals surface area (Å²) in [6.07, 6.45) is -4.41. The number of likely N-dealkylation sites (tertiary alicyclic amines) is 1. The summed E-state index contributed by atoms with van der Waals surface area (Å²) in [6, 6.07) is 18.9. The van der Waals surface area contributed by atoms with E-state index < -0.39 is 24.5 Å².